The molecule has 0 aliphatic heterocycles. The fourth-order valence-corrected chi connectivity index (χ4v) is 5.07. The van der Waals surface area contributed by atoms with Gasteiger partial charge in [-0.1, -0.05) is 46.4 Å². The molecule has 0 unspecified atom stereocenters. The van der Waals surface area contributed by atoms with Gasteiger partial charge in [-0.3, -0.25) is 25.3 Å². The summed E-state index contributed by atoms with van der Waals surface area (Å²) < 4.78 is 25.6. The van der Waals surface area contributed by atoms with Gasteiger partial charge in [0.25, 0.3) is 21.8 Å². The van der Waals surface area contributed by atoms with Gasteiger partial charge in [-0.05, 0) is 25.1 Å². The van der Waals surface area contributed by atoms with E-state index in [1.165, 1.54) is 37.6 Å². The van der Waals surface area contributed by atoms with Gasteiger partial charge < -0.3 is 0 Å². The van der Waals surface area contributed by atoms with Crippen molar-refractivity contribution >= 4 is 44.8 Å². The third-order valence-corrected chi connectivity index (χ3v) is 7.75. The van der Waals surface area contributed by atoms with Crippen LogP contribution in [-0.2, 0) is 14.9 Å². The van der Waals surface area contributed by atoms with Crippen molar-refractivity contribution in [3.63, 3.8) is 0 Å². The first kappa shape index (κ1) is 23.8. The van der Waals surface area contributed by atoms with Crippen molar-refractivity contribution in [3.05, 3.63) is 69.7 Å². The molecule has 12 heteroatoms. The Hall–Kier alpha value is -2.83. The van der Waals surface area contributed by atoms with E-state index in [9.17, 15) is 18.0 Å². The van der Waals surface area contributed by atoms with Crippen LogP contribution in [0.25, 0.3) is 10.6 Å². The first-order chi connectivity index (χ1) is 15.1. The molecule has 3 rings (SSSR count). The molecule has 0 aliphatic carbocycles. The predicted octanol–water partition coefficient (Wildman–Crippen LogP) is 3.03. The fourth-order valence-electron chi connectivity index (χ4n) is 2.63. The number of amides is 2. The van der Waals surface area contributed by atoms with E-state index in [1.54, 1.807) is 6.92 Å². The molecule has 0 fully saturated rings. The maximum absolute atomic E-state index is 12.6. The van der Waals surface area contributed by atoms with Crippen molar-refractivity contribution < 1.29 is 22.8 Å². The second-order valence-electron chi connectivity index (χ2n) is 6.45. The van der Waals surface area contributed by atoms with E-state index in [-0.39, 0.29) is 15.5 Å². The molecule has 1 aromatic heterocycles. The van der Waals surface area contributed by atoms with Gasteiger partial charge in [0, 0.05) is 18.2 Å². The number of nitrogens with one attached hydrogen (secondary N) is 2. The van der Waals surface area contributed by atoms with Crippen molar-refractivity contribution in [1.82, 2.24) is 20.3 Å². The van der Waals surface area contributed by atoms with E-state index in [4.69, 9.17) is 16.4 Å². The van der Waals surface area contributed by atoms with E-state index in [0.29, 0.717) is 20.0 Å². The number of thiazole rings is 1. The summed E-state index contributed by atoms with van der Waals surface area (Å²) in [6, 6.07) is 13.1. The molecular weight excluding hydrogens is 476 g/mol. The Labute approximate surface area is 194 Å². The average Bonchev–Trinajstić information content (AvgIpc) is 3.19. The Morgan fingerprint density at radius 2 is 1.75 bits per heavy atom. The largest absolute Gasteiger partial charge is 0.288 e. The number of carbonyl (C=O) groups is 2. The van der Waals surface area contributed by atoms with Crippen LogP contribution < -0.4 is 10.9 Å². The Bertz CT molecular complexity index is 1260. The molecule has 2 aromatic carbocycles. The van der Waals surface area contributed by atoms with Crippen LogP contribution in [0.5, 0.6) is 0 Å². The SMILES string of the molecule is CON(C)S(=O)(=O)c1cc(C(=O)NNC(=O)c2sc(-c3ccccc3)nc2C)ccc1Cl. The quantitative estimate of drug-likeness (QED) is 0.508. The molecule has 0 spiro atoms. The second kappa shape index (κ2) is 9.76. The molecule has 0 aliphatic rings. The number of sulfonamides is 1. The minimum atomic E-state index is -4.07. The highest BCUT2D eigenvalue weighted by Gasteiger charge is 2.25. The first-order valence-electron chi connectivity index (χ1n) is 9.11. The van der Waals surface area contributed by atoms with Crippen molar-refractivity contribution in [1.29, 1.82) is 0 Å². The van der Waals surface area contributed by atoms with Crippen molar-refractivity contribution in [3.8, 4) is 10.6 Å². The van der Waals surface area contributed by atoms with Gasteiger partial charge >= 0.3 is 0 Å². The predicted molar refractivity (Wildman–Crippen MR) is 121 cm³/mol. The topological polar surface area (TPSA) is 118 Å². The number of hydrogen-bond donors (Lipinski definition) is 2. The lowest BCUT2D eigenvalue weighted by Crippen LogP contribution is -2.41. The zero-order chi connectivity index (χ0) is 23.5. The van der Waals surface area contributed by atoms with Crippen LogP contribution in [0.4, 0.5) is 0 Å². The second-order valence-corrected chi connectivity index (χ2v) is 9.76. The molecule has 0 radical (unpaired) electrons. The molecule has 168 valence electrons. The third kappa shape index (κ3) is 4.97. The van der Waals surface area contributed by atoms with Crippen LogP contribution in [0.2, 0.25) is 5.02 Å². The Morgan fingerprint density at radius 3 is 2.41 bits per heavy atom. The summed E-state index contributed by atoms with van der Waals surface area (Å²) in [6.07, 6.45) is 0. The summed E-state index contributed by atoms with van der Waals surface area (Å²) in [6.45, 7) is 1.70. The van der Waals surface area contributed by atoms with Crippen molar-refractivity contribution in [2.75, 3.05) is 14.2 Å². The zero-order valence-corrected chi connectivity index (χ0v) is 19.6. The van der Waals surface area contributed by atoms with E-state index >= 15 is 0 Å². The number of halogens is 1. The monoisotopic (exact) mass is 494 g/mol. The minimum Gasteiger partial charge on any atom is -0.288 e. The molecule has 9 nitrogen and oxygen atoms in total. The van der Waals surface area contributed by atoms with Crippen LogP contribution in [0.15, 0.2) is 53.4 Å². The summed E-state index contributed by atoms with van der Waals surface area (Å²) in [5.74, 6) is -1.27. The molecule has 0 bridgehead atoms. The summed E-state index contributed by atoms with van der Waals surface area (Å²) >= 11 is 7.19. The van der Waals surface area contributed by atoms with Gasteiger partial charge in [-0.2, -0.15) is 0 Å². The highest BCUT2D eigenvalue weighted by Crippen LogP contribution is 2.28. The van der Waals surface area contributed by atoms with E-state index in [1.807, 2.05) is 30.3 Å². The summed E-state index contributed by atoms with van der Waals surface area (Å²) in [5, 5.41) is 0.595. The molecule has 1 heterocycles. The lowest BCUT2D eigenvalue weighted by atomic mass is 10.2. The number of carbonyl (C=O) groups excluding carboxylic acids is 2. The normalized spacial score (nSPS) is 11.4. The number of hydrogen-bond acceptors (Lipinski definition) is 7. The lowest BCUT2D eigenvalue weighted by molar-refractivity contribution is -0.0258. The van der Waals surface area contributed by atoms with E-state index < -0.39 is 21.8 Å². The first-order valence-corrected chi connectivity index (χ1v) is 11.7. The van der Waals surface area contributed by atoms with Crippen LogP contribution in [0, 0.1) is 6.92 Å². The summed E-state index contributed by atoms with van der Waals surface area (Å²) in [7, 11) is -1.70. The number of benzene rings is 2. The molecule has 0 saturated heterocycles. The maximum atomic E-state index is 12.6. The summed E-state index contributed by atoms with van der Waals surface area (Å²) in [4.78, 5) is 34.2. The highest BCUT2D eigenvalue weighted by atomic mass is 35.5. The van der Waals surface area contributed by atoms with Gasteiger partial charge in [0.05, 0.1) is 17.8 Å². The van der Waals surface area contributed by atoms with Gasteiger partial charge in [0.15, 0.2) is 0 Å². The molecule has 2 amide bonds. The molecule has 32 heavy (non-hydrogen) atoms. The number of aromatic nitrogens is 1. The van der Waals surface area contributed by atoms with Gasteiger partial charge in [-0.25, -0.2) is 13.4 Å². The van der Waals surface area contributed by atoms with Crippen LogP contribution in [0.3, 0.4) is 0 Å². The van der Waals surface area contributed by atoms with Gasteiger partial charge in [-0.15, -0.1) is 11.3 Å². The zero-order valence-electron chi connectivity index (χ0n) is 17.2. The van der Waals surface area contributed by atoms with Crippen molar-refractivity contribution in [2.24, 2.45) is 0 Å². The van der Waals surface area contributed by atoms with E-state index in [0.717, 1.165) is 11.6 Å². The van der Waals surface area contributed by atoms with Crippen LogP contribution in [0.1, 0.15) is 25.7 Å². The minimum absolute atomic E-state index is 0.0243. The van der Waals surface area contributed by atoms with Crippen molar-refractivity contribution in [2.45, 2.75) is 11.8 Å². The standard InChI is InChI=1S/C20H19ClN4O5S2/c1-12-17(31-20(22-12)13-7-5-4-6-8-13)19(27)24-23-18(26)14-9-10-15(21)16(11-14)32(28,29)25(2)30-3/h4-11H,1-3H3,(H,23,26)(H,24,27). The Morgan fingerprint density at radius 1 is 1.09 bits per heavy atom. The molecule has 3 aromatic rings. The third-order valence-electron chi connectivity index (χ3n) is 4.38. The highest BCUT2D eigenvalue weighted by molar-refractivity contribution is 7.89. The van der Waals surface area contributed by atoms with E-state index in [2.05, 4.69) is 15.8 Å². The number of aryl methyl sites for hydroxylation is 1. The van der Waals surface area contributed by atoms with Gasteiger partial charge in [0.2, 0.25) is 0 Å². The molecule has 0 atom stereocenters. The summed E-state index contributed by atoms with van der Waals surface area (Å²) in [5.41, 5.74) is 5.96. The lowest BCUT2D eigenvalue weighted by Gasteiger charge is -2.16. The Kier molecular flexibility index (Phi) is 7.26. The average molecular weight is 495 g/mol. The molecule has 2 N–H and O–H groups in total. The van der Waals surface area contributed by atoms with Crippen LogP contribution in [-0.4, -0.2) is 43.8 Å². The number of rotatable bonds is 6. The number of hydrazine groups is 1. The molecule has 0 saturated carbocycles. The number of hydroxylamine groups is 1. The fraction of sp³-hybridized carbons (Fsp3) is 0.150. The van der Waals surface area contributed by atoms with Crippen LogP contribution >= 0.6 is 22.9 Å². The maximum Gasteiger partial charge on any atom is 0.281 e. The smallest absolute Gasteiger partial charge is 0.281 e. The van der Waals surface area contributed by atoms with Gasteiger partial charge in [0.1, 0.15) is 14.8 Å². The number of nitrogens with zero attached hydrogens (tertiary/aromatic N) is 2. The molecular formula is C20H19ClN4O5S2. The Balaban J connectivity index is 1.75.